The molecule has 0 bridgehead atoms. The molecule has 0 aromatic heterocycles. The Morgan fingerprint density at radius 1 is 1.16 bits per heavy atom. The summed E-state index contributed by atoms with van der Waals surface area (Å²) in [7, 11) is -3.87. The van der Waals surface area contributed by atoms with Crippen molar-refractivity contribution in [2.75, 3.05) is 25.8 Å². The number of hydrogen-bond acceptors (Lipinski definition) is 4. The minimum absolute atomic E-state index is 0.0122. The number of hydrogen-bond donors (Lipinski definition) is 3. The monoisotopic (exact) mass is 484 g/mol. The van der Waals surface area contributed by atoms with E-state index in [1.165, 1.54) is 0 Å². The second-order valence-electron chi connectivity index (χ2n) is 8.00. The van der Waals surface area contributed by atoms with Crippen molar-refractivity contribution in [1.82, 2.24) is 4.90 Å². The zero-order valence-corrected chi connectivity index (χ0v) is 19.5. The van der Waals surface area contributed by atoms with E-state index in [2.05, 4.69) is 0 Å². The third kappa shape index (κ3) is 5.16. The minimum atomic E-state index is -3.87. The molecule has 4 N–H and O–H groups in total. The van der Waals surface area contributed by atoms with Gasteiger partial charge in [-0.3, -0.25) is 14.3 Å². The highest BCUT2D eigenvalue weighted by atomic mass is 35.5. The van der Waals surface area contributed by atoms with Gasteiger partial charge < -0.3 is 15.7 Å². The van der Waals surface area contributed by atoms with Crippen molar-refractivity contribution in [2.24, 2.45) is 5.73 Å². The lowest BCUT2D eigenvalue weighted by Gasteiger charge is -2.43. The molecule has 2 aromatic carbocycles. The number of benzene rings is 2. The molecule has 2 unspecified atom stereocenters. The fraction of sp³-hybridized carbons (Fsp3) is 0.409. The number of nitrogens with two attached hydrogens (primary N) is 1. The van der Waals surface area contributed by atoms with Crippen LogP contribution >= 0.6 is 30.6 Å². The fourth-order valence-corrected chi connectivity index (χ4v) is 6.79. The van der Waals surface area contributed by atoms with Crippen LogP contribution in [0.1, 0.15) is 24.8 Å². The van der Waals surface area contributed by atoms with Crippen molar-refractivity contribution in [3.8, 4) is 11.1 Å². The van der Waals surface area contributed by atoms with Crippen LogP contribution < -0.4 is 5.73 Å². The first-order valence-corrected chi connectivity index (χ1v) is 12.8. The summed E-state index contributed by atoms with van der Waals surface area (Å²) in [6, 6.07) is 13.0. The third-order valence-corrected chi connectivity index (χ3v) is 9.21. The Morgan fingerprint density at radius 3 is 2.61 bits per heavy atom. The molecule has 2 aromatic rings. The molecule has 31 heavy (non-hydrogen) atoms. The first-order chi connectivity index (χ1) is 14.7. The van der Waals surface area contributed by atoms with E-state index in [1.807, 2.05) is 29.2 Å². The Labute approximate surface area is 192 Å². The van der Waals surface area contributed by atoms with Crippen LogP contribution in [0.15, 0.2) is 42.5 Å². The number of nitrogens with zero attached hydrogens (tertiary/aromatic N) is 1. The van der Waals surface area contributed by atoms with E-state index < -0.39 is 18.5 Å². The second kappa shape index (κ2) is 10.0. The molecule has 0 amide bonds. The summed E-state index contributed by atoms with van der Waals surface area (Å²) in [5.41, 5.74) is 8.19. The van der Waals surface area contributed by atoms with Gasteiger partial charge in [0.15, 0.2) is 5.16 Å². The van der Waals surface area contributed by atoms with Gasteiger partial charge in [-0.25, -0.2) is 0 Å². The summed E-state index contributed by atoms with van der Waals surface area (Å²) in [6.45, 7) is 1.21. The van der Waals surface area contributed by atoms with Gasteiger partial charge in [-0.2, -0.15) is 0 Å². The Bertz CT molecular complexity index is 1000. The largest absolute Gasteiger partial charge is 0.480 e. The molecular weight excluding hydrogens is 458 g/mol. The van der Waals surface area contributed by atoms with Crippen molar-refractivity contribution in [2.45, 2.75) is 31.0 Å². The van der Waals surface area contributed by atoms with E-state index in [0.717, 1.165) is 16.7 Å². The number of halogens is 2. The SMILES string of the molecule is NCCCCC1(C(=O)O)CN(Cc2ccccc2-c2cc(Cl)ccc2Cl)CCP1(=O)O. The molecule has 168 valence electrons. The quantitative estimate of drug-likeness (QED) is 0.370. The van der Waals surface area contributed by atoms with E-state index in [0.29, 0.717) is 42.5 Å². The van der Waals surface area contributed by atoms with Gasteiger partial charge in [0.05, 0.1) is 0 Å². The molecule has 0 aliphatic carbocycles. The van der Waals surface area contributed by atoms with Crippen molar-refractivity contribution in [3.63, 3.8) is 0 Å². The Hall–Kier alpha value is -1.40. The van der Waals surface area contributed by atoms with Crippen LogP contribution in [0.2, 0.25) is 10.0 Å². The van der Waals surface area contributed by atoms with Gasteiger partial charge in [0.1, 0.15) is 0 Å². The highest BCUT2D eigenvalue weighted by Gasteiger charge is 2.56. The lowest BCUT2D eigenvalue weighted by Crippen LogP contribution is -2.53. The summed E-state index contributed by atoms with van der Waals surface area (Å²) < 4.78 is 13.0. The number of carboxylic acid groups (broad SMARTS) is 1. The van der Waals surface area contributed by atoms with Crippen LogP contribution in [-0.4, -0.2) is 51.8 Å². The molecule has 0 saturated carbocycles. The first-order valence-electron chi connectivity index (χ1n) is 10.2. The van der Waals surface area contributed by atoms with Crippen molar-refractivity contribution in [1.29, 1.82) is 0 Å². The molecule has 1 aliphatic rings. The van der Waals surface area contributed by atoms with Gasteiger partial charge in [-0.05, 0) is 48.7 Å². The number of carboxylic acids is 1. The number of rotatable bonds is 8. The normalized spacial score (nSPS) is 24.3. The van der Waals surface area contributed by atoms with Gasteiger partial charge in [-0.1, -0.05) is 53.9 Å². The molecule has 9 heteroatoms. The van der Waals surface area contributed by atoms with Crippen LogP contribution in [0.3, 0.4) is 0 Å². The highest BCUT2D eigenvalue weighted by Crippen LogP contribution is 2.59. The first kappa shape index (κ1) is 24.2. The molecule has 1 heterocycles. The highest BCUT2D eigenvalue weighted by molar-refractivity contribution is 7.61. The number of carbonyl (C=O) groups is 1. The van der Waals surface area contributed by atoms with Gasteiger partial charge >= 0.3 is 5.97 Å². The summed E-state index contributed by atoms with van der Waals surface area (Å²) in [6.07, 6.45) is 1.19. The minimum Gasteiger partial charge on any atom is -0.480 e. The molecule has 0 spiro atoms. The molecule has 0 radical (unpaired) electrons. The van der Waals surface area contributed by atoms with Crippen molar-refractivity contribution < 1.29 is 19.4 Å². The summed E-state index contributed by atoms with van der Waals surface area (Å²) in [4.78, 5) is 24.8. The summed E-state index contributed by atoms with van der Waals surface area (Å²) >= 11 is 12.6. The molecular formula is C22H27Cl2N2O4P. The van der Waals surface area contributed by atoms with Crippen LogP contribution in [0, 0.1) is 0 Å². The van der Waals surface area contributed by atoms with E-state index in [1.54, 1.807) is 18.2 Å². The fourth-order valence-electron chi connectivity index (χ4n) is 4.19. The van der Waals surface area contributed by atoms with Gasteiger partial charge in [-0.15, -0.1) is 0 Å². The Balaban J connectivity index is 1.91. The number of unbranched alkanes of at least 4 members (excludes halogenated alkanes) is 1. The molecule has 6 nitrogen and oxygen atoms in total. The Kier molecular flexibility index (Phi) is 7.85. The van der Waals surface area contributed by atoms with Crippen LogP contribution in [-0.2, 0) is 15.9 Å². The van der Waals surface area contributed by atoms with Gasteiger partial charge in [0, 0.05) is 41.4 Å². The van der Waals surface area contributed by atoms with Crippen LogP contribution in [0.25, 0.3) is 11.1 Å². The maximum Gasteiger partial charge on any atom is 0.320 e. The predicted molar refractivity (Wildman–Crippen MR) is 125 cm³/mol. The second-order valence-corrected chi connectivity index (χ2v) is 11.5. The lowest BCUT2D eigenvalue weighted by atomic mass is 9.97. The van der Waals surface area contributed by atoms with E-state index in [4.69, 9.17) is 28.9 Å². The average molecular weight is 485 g/mol. The summed E-state index contributed by atoms with van der Waals surface area (Å²) in [5.74, 6) is -1.22. The van der Waals surface area contributed by atoms with Gasteiger partial charge in [0.25, 0.3) is 0 Å². The molecule has 1 fully saturated rings. The standard InChI is InChI=1S/C22H27Cl2N2O4P/c23-17-7-8-20(24)19(13-17)18-6-2-1-5-16(18)14-26-11-12-31(29,30)22(15-26,21(27)28)9-3-4-10-25/h1-2,5-8,13H,3-4,9-12,14-15,25H2,(H,27,28)(H,29,30). The molecule has 1 saturated heterocycles. The molecule has 2 atom stereocenters. The summed E-state index contributed by atoms with van der Waals surface area (Å²) in [5, 5.41) is 9.44. The average Bonchev–Trinajstić information content (AvgIpc) is 2.72. The molecule has 1 aliphatic heterocycles. The van der Waals surface area contributed by atoms with Crippen molar-refractivity contribution in [3.05, 3.63) is 58.1 Å². The Morgan fingerprint density at radius 2 is 1.90 bits per heavy atom. The van der Waals surface area contributed by atoms with E-state index >= 15 is 0 Å². The zero-order valence-electron chi connectivity index (χ0n) is 17.1. The predicted octanol–water partition coefficient (Wildman–Crippen LogP) is 4.70. The maximum atomic E-state index is 13.0. The van der Waals surface area contributed by atoms with Crippen LogP contribution in [0.4, 0.5) is 0 Å². The number of aliphatic carboxylic acids is 1. The molecule has 3 rings (SSSR count). The van der Waals surface area contributed by atoms with Crippen molar-refractivity contribution >= 4 is 36.5 Å². The zero-order chi connectivity index (χ0) is 22.6. The van der Waals surface area contributed by atoms with Crippen LogP contribution in [0.5, 0.6) is 0 Å². The van der Waals surface area contributed by atoms with Gasteiger partial charge in [0.2, 0.25) is 7.37 Å². The third-order valence-electron chi connectivity index (χ3n) is 5.95. The lowest BCUT2D eigenvalue weighted by molar-refractivity contribution is -0.141. The van der Waals surface area contributed by atoms with E-state index in [9.17, 15) is 19.4 Å². The topological polar surface area (TPSA) is 104 Å². The maximum absolute atomic E-state index is 13.0. The van der Waals surface area contributed by atoms with E-state index in [-0.39, 0.29) is 19.1 Å². The smallest absolute Gasteiger partial charge is 0.320 e.